The Kier molecular flexibility index (Phi) is 4.90. The van der Waals surface area contributed by atoms with Gasteiger partial charge in [-0.05, 0) is 55.7 Å². The second kappa shape index (κ2) is 6.91. The van der Waals surface area contributed by atoms with Crippen LogP contribution in [0.4, 0.5) is 0 Å². The highest BCUT2D eigenvalue weighted by molar-refractivity contribution is 5.86. The molecule has 0 unspecified atom stereocenters. The van der Waals surface area contributed by atoms with E-state index in [4.69, 9.17) is 10.5 Å². The van der Waals surface area contributed by atoms with Crippen molar-refractivity contribution in [2.45, 2.75) is 50.5 Å². The zero-order valence-electron chi connectivity index (χ0n) is 14.1. The van der Waals surface area contributed by atoms with Gasteiger partial charge in [0, 0.05) is 13.1 Å². The molecule has 1 saturated carbocycles. The van der Waals surface area contributed by atoms with Crippen LogP contribution in [-0.4, -0.2) is 36.5 Å². The van der Waals surface area contributed by atoms with Crippen LogP contribution in [0.2, 0.25) is 0 Å². The van der Waals surface area contributed by atoms with Crippen LogP contribution in [0.5, 0.6) is 5.75 Å². The summed E-state index contributed by atoms with van der Waals surface area (Å²) in [5.74, 6) is 1.75. The topological polar surface area (TPSA) is 55.6 Å². The number of nitrogens with two attached hydrogens (primary N) is 1. The third-order valence-corrected chi connectivity index (χ3v) is 5.51. The molecule has 1 aromatic rings. The molecule has 2 aliphatic rings. The molecule has 1 aromatic carbocycles. The van der Waals surface area contributed by atoms with Gasteiger partial charge in [-0.2, -0.15) is 0 Å². The lowest BCUT2D eigenvalue weighted by molar-refractivity contribution is -0.138. The van der Waals surface area contributed by atoms with Crippen LogP contribution in [0.1, 0.15) is 44.1 Å². The van der Waals surface area contributed by atoms with Gasteiger partial charge in [0.1, 0.15) is 5.75 Å². The standard InChI is InChI=1S/C19H28N2O2/c1-23-17-6-4-15(5-7-17)14-16-8-12-21(13-9-16)18(22)19(20)10-2-3-11-19/h4-7,16H,2-3,8-14,20H2,1H3. The number of benzene rings is 1. The van der Waals surface area contributed by atoms with Crippen LogP contribution in [0.3, 0.4) is 0 Å². The lowest BCUT2D eigenvalue weighted by atomic mass is 9.88. The van der Waals surface area contributed by atoms with E-state index in [2.05, 4.69) is 12.1 Å². The molecule has 1 heterocycles. The Bertz CT molecular complexity index is 527. The summed E-state index contributed by atoms with van der Waals surface area (Å²) < 4.78 is 5.20. The lowest BCUT2D eigenvalue weighted by Gasteiger charge is -2.37. The number of hydrogen-bond acceptors (Lipinski definition) is 3. The van der Waals surface area contributed by atoms with E-state index in [9.17, 15) is 4.79 Å². The largest absolute Gasteiger partial charge is 0.497 e. The second-order valence-electron chi connectivity index (χ2n) is 7.15. The Balaban J connectivity index is 1.50. The van der Waals surface area contributed by atoms with Crippen LogP contribution < -0.4 is 10.5 Å². The molecule has 1 saturated heterocycles. The molecule has 0 radical (unpaired) electrons. The van der Waals surface area contributed by atoms with Crippen molar-refractivity contribution in [2.24, 2.45) is 11.7 Å². The number of nitrogens with zero attached hydrogens (tertiary/aromatic N) is 1. The molecule has 0 spiro atoms. The average Bonchev–Trinajstić information content (AvgIpc) is 3.03. The third kappa shape index (κ3) is 3.69. The summed E-state index contributed by atoms with van der Waals surface area (Å²) in [4.78, 5) is 14.7. The zero-order chi connectivity index (χ0) is 16.3. The van der Waals surface area contributed by atoms with E-state index in [1.807, 2.05) is 17.0 Å². The van der Waals surface area contributed by atoms with E-state index in [1.54, 1.807) is 7.11 Å². The van der Waals surface area contributed by atoms with Crippen LogP contribution >= 0.6 is 0 Å². The Labute approximate surface area is 139 Å². The van der Waals surface area contributed by atoms with E-state index < -0.39 is 5.54 Å². The highest BCUT2D eigenvalue weighted by Crippen LogP contribution is 2.31. The summed E-state index contributed by atoms with van der Waals surface area (Å²) in [6, 6.07) is 8.33. The maximum Gasteiger partial charge on any atom is 0.242 e. The summed E-state index contributed by atoms with van der Waals surface area (Å²) in [7, 11) is 1.69. The molecule has 4 nitrogen and oxygen atoms in total. The first-order valence-electron chi connectivity index (χ1n) is 8.82. The normalized spacial score (nSPS) is 21.4. The Morgan fingerprint density at radius 1 is 1.22 bits per heavy atom. The number of carbonyl (C=O) groups is 1. The first-order valence-corrected chi connectivity index (χ1v) is 8.82. The number of ether oxygens (including phenoxy) is 1. The van der Waals surface area contributed by atoms with Gasteiger partial charge in [-0.15, -0.1) is 0 Å². The van der Waals surface area contributed by atoms with Gasteiger partial charge in [0.2, 0.25) is 5.91 Å². The average molecular weight is 316 g/mol. The second-order valence-corrected chi connectivity index (χ2v) is 7.15. The summed E-state index contributed by atoms with van der Waals surface area (Å²) in [6.07, 6.45) is 7.14. The molecular formula is C19H28N2O2. The fourth-order valence-electron chi connectivity index (χ4n) is 3.97. The number of likely N-dealkylation sites (tertiary alicyclic amines) is 1. The quantitative estimate of drug-likeness (QED) is 0.929. The van der Waals surface area contributed by atoms with Crippen molar-refractivity contribution in [3.63, 3.8) is 0 Å². The fourth-order valence-corrected chi connectivity index (χ4v) is 3.97. The number of methoxy groups -OCH3 is 1. The van der Waals surface area contributed by atoms with Gasteiger partial charge < -0.3 is 15.4 Å². The molecule has 1 aliphatic carbocycles. The van der Waals surface area contributed by atoms with E-state index in [1.165, 1.54) is 5.56 Å². The highest BCUT2D eigenvalue weighted by Gasteiger charge is 2.40. The van der Waals surface area contributed by atoms with Crippen molar-refractivity contribution < 1.29 is 9.53 Å². The number of carbonyl (C=O) groups excluding carboxylic acids is 1. The molecule has 1 amide bonds. The fraction of sp³-hybridized carbons (Fsp3) is 0.632. The number of amides is 1. The van der Waals surface area contributed by atoms with Crippen LogP contribution in [0.25, 0.3) is 0 Å². The predicted molar refractivity (Wildman–Crippen MR) is 91.4 cm³/mol. The van der Waals surface area contributed by atoms with Crippen LogP contribution in [-0.2, 0) is 11.2 Å². The van der Waals surface area contributed by atoms with Gasteiger partial charge in [-0.25, -0.2) is 0 Å². The van der Waals surface area contributed by atoms with Gasteiger partial charge in [0.15, 0.2) is 0 Å². The third-order valence-electron chi connectivity index (χ3n) is 5.51. The molecule has 3 rings (SSSR count). The lowest BCUT2D eigenvalue weighted by Crippen LogP contribution is -2.55. The molecule has 4 heteroatoms. The molecule has 0 bridgehead atoms. The van der Waals surface area contributed by atoms with E-state index in [0.29, 0.717) is 5.92 Å². The summed E-state index contributed by atoms with van der Waals surface area (Å²) in [6.45, 7) is 1.72. The van der Waals surface area contributed by atoms with E-state index in [-0.39, 0.29) is 5.91 Å². The minimum Gasteiger partial charge on any atom is -0.497 e. The zero-order valence-corrected chi connectivity index (χ0v) is 14.1. The molecule has 23 heavy (non-hydrogen) atoms. The SMILES string of the molecule is COc1ccc(CC2CCN(C(=O)C3(N)CCCC3)CC2)cc1. The van der Waals surface area contributed by atoms with Crippen molar-refractivity contribution in [2.75, 3.05) is 20.2 Å². The van der Waals surface area contributed by atoms with Crippen LogP contribution in [0, 0.1) is 5.92 Å². The van der Waals surface area contributed by atoms with Crippen molar-refractivity contribution in [3.8, 4) is 5.75 Å². The minimum atomic E-state index is -0.567. The number of piperidine rings is 1. The maximum absolute atomic E-state index is 12.6. The van der Waals surface area contributed by atoms with Crippen molar-refractivity contribution in [3.05, 3.63) is 29.8 Å². The summed E-state index contributed by atoms with van der Waals surface area (Å²) >= 11 is 0. The molecule has 0 atom stereocenters. The molecule has 0 aromatic heterocycles. The van der Waals surface area contributed by atoms with Gasteiger partial charge in [0.25, 0.3) is 0 Å². The van der Waals surface area contributed by atoms with E-state index >= 15 is 0 Å². The van der Waals surface area contributed by atoms with E-state index in [0.717, 1.165) is 63.8 Å². The first kappa shape index (κ1) is 16.3. The maximum atomic E-state index is 12.6. The molecule has 2 fully saturated rings. The smallest absolute Gasteiger partial charge is 0.242 e. The van der Waals surface area contributed by atoms with Gasteiger partial charge in [-0.3, -0.25) is 4.79 Å². The number of rotatable bonds is 4. The van der Waals surface area contributed by atoms with Crippen molar-refractivity contribution in [1.82, 2.24) is 4.90 Å². The van der Waals surface area contributed by atoms with Crippen molar-refractivity contribution >= 4 is 5.91 Å². The molecule has 2 N–H and O–H groups in total. The first-order chi connectivity index (χ1) is 11.1. The number of hydrogen-bond donors (Lipinski definition) is 1. The van der Waals surface area contributed by atoms with Gasteiger partial charge >= 0.3 is 0 Å². The predicted octanol–water partition coefficient (Wildman–Crippen LogP) is 2.75. The minimum absolute atomic E-state index is 0.192. The highest BCUT2D eigenvalue weighted by atomic mass is 16.5. The Morgan fingerprint density at radius 2 is 1.83 bits per heavy atom. The van der Waals surface area contributed by atoms with Gasteiger partial charge in [-0.1, -0.05) is 25.0 Å². The van der Waals surface area contributed by atoms with Crippen molar-refractivity contribution in [1.29, 1.82) is 0 Å². The van der Waals surface area contributed by atoms with Gasteiger partial charge in [0.05, 0.1) is 12.6 Å². The molecule has 126 valence electrons. The van der Waals surface area contributed by atoms with Crippen LogP contribution in [0.15, 0.2) is 24.3 Å². The Morgan fingerprint density at radius 3 is 2.39 bits per heavy atom. The molecule has 1 aliphatic heterocycles. The monoisotopic (exact) mass is 316 g/mol. The molecular weight excluding hydrogens is 288 g/mol. The summed E-state index contributed by atoms with van der Waals surface area (Å²) in [5.41, 5.74) is 7.10. The summed E-state index contributed by atoms with van der Waals surface area (Å²) in [5, 5.41) is 0. The Hall–Kier alpha value is -1.55.